The molecule has 0 fully saturated rings. The quantitative estimate of drug-likeness (QED) is 0.484. The summed E-state index contributed by atoms with van der Waals surface area (Å²) in [4.78, 5) is 9.67. The number of nitroso groups, excluding NO2 is 1. The predicted molar refractivity (Wildman–Crippen MR) is 34.9 cm³/mol. The zero-order valence-corrected chi connectivity index (χ0v) is 4.59. The minimum Gasteiger partial charge on any atom is -0.242 e. The third-order valence-electron chi connectivity index (χ3n) is 1.41. The van der Waals surface area contributed by atoms with Gasteiger partial charge in [-0.3, -0.25) is 0 Å². The van der Waals surface area contributed by atoms with E-state index in [4.69, 9.17) is 0 Å². The van der Waals surface area contributed by atoms with Crippen LogP contribution in [0.2, 0.25) is 0 Å². The number of nitrogens with one attached hydrogen (secondary N) is 1. The molecule has 2 aliphatic carbocycles. The van der Waals surface area contributed by atoms with Gasteiger partial charge in [0.2, 0.25) is 0 Å². The second kappa shape index (κ2) is 1.31. The number of rotatable bonds is 2. The molecule has 2 rings (SSSR count). The van der Waals surface area contributed by atoms with Crippen LogP contribution >= 0.6 is 0 Å². The van der Waals surface area contributed by atoms with E-state index in [1.165, 1.54) is 5.56 Å². The Morgan fingerprint density at radius 1 is 1.44 bits per heavy atom. The fourth-order valence-electron chi connectivity index (χ4n) is 0.900. The highest BCUT2D eigenvalue weighted by Gasteiger charge is 2.16. The molecule has 0 saturated heterocycles. The smallest absolute Gasteiger partial charge is 0.0672 e. The van der Waals surface area contributed by atoms with Gasteiger partial charge in [0, 0.05) is 5.56 Å². The highest BCUT2D eigenvalue weighted by Crippen LogP contribution is 2.41. The summed E-state index contributed by atoms with van der Waals surface area (Å²) in [6, 6.07) is 5.78. The first kappa shape index (κ1) is 4.49. The minimum absolute atomic E-state index is 0.819. The Bertz CT molecular complexity index is 270. The molecule has 0 aromatic rings. The van der Waals surface area contributed by atoms with Crippen molar-refractivity contribution < 1.29 is 0 Å². The molecule has 0 aliphatic heterocycles. The molecule has 0 radical (unpaired) electrons. The number of hydrogen-bond acceptors (Lipinski definition) is 2. The normalized spacial score (nSPS) is 10.7. The Balaban J connectivity index is 2.31. The zero-order chi connectivity index (χ0) is 6.27. The van der Waals surface area contributed by atoms with Crippen LogP contribution in [0, 0.1) is 4.91 Å². The number of hydrogen-bond donors (Lipinski definition) is 1. The summed E-state index contributed by atoms with van der Waals surface area (Å²) in [6.07, 6.45) is 0. The minimum atomic E-state index is 0.819. The van der Waals surface area contributed by atoms with Gasteiger partial charge in [-0.25, -0.2) is 5.43 Å². The molecule has 3 heteroatoms. The van der Waals surface area contributed by atoms with Gasteiger partial charge in [-0.2, -0.15) is 0 Å². The van der Waals surface area contributed by atoms with E-state index in [0.29, 0.717) is 0 Å². The van der Waals surface area contributed by atoms with Gasteiger partial charge in [-0.15, -0.1) is 4.91 Å². The molecule has 2 aliphatic rings. The third-order valence-corrected chi connectivity index (χ3v) is 1.41. The number of fused-ring (bicyclic) bond motifs is 1. The van der Waals surface area contributed by atoms with Gasteiger partial charge < -0.3 is 0 Å². The van der Waals surface area contributed by atoms with E-state index in [-0.39, 0.29) is 0 Å². The van der Waals surface area contributed by atoms with Crippen LogP contribution in [0.15, 0.2) is 23.5 Å². The first-order valence-electron chi connectivity index (χ1n) is 2.64. The maximum atomic E-state index is 9.67. The second-order valence-electron chi connectivity index (χ2n) is 1.96. The van der Waals surface area contributed by atoms with Crippen molar-refractivity contribution in [1.82, 2.24) is 0 Å². The van der Waals surface area contributed by atoms with Gasteiger partial charge in [0.05, 0.1) is 11.0 Å². The summed E-state index contributed by atoms with van der Waals surface area (Å²) in [5.41, 5.74) is 5.49. The second-order valence-corrected chi connectivity index (χ2v) is 1.96. The van der Waals surface area contributed by atoms with Crippen LogP contribution in [-0.4, -0.2) is 0 Å². The van der Waals surface area contributed by atoms with Crippen LogP contribution in [0.1, 0.15) is 0 Å². The van der Waals surface area contributed by atoms with Crippen LogP contribution in [-0.2, 0) is 0 Å². The van der Waals surface area contributed by atoms with Crippen molar-refractivity contribution in [1.29, 1.82) is 0 Å². The lowest BCUT2D eigenvalue weighted by atomic mass is 10.5. The average molecular weight is 120 g/mol. The number of benzene rings is 1. The molecule has 0 unspecified atom stereocenters. The molecule has 0 aromatic heterocycles. The van der Waals surface area contributed by atoms with Crippen LogP contribution < -0.4 is 5.43 Å². The fraction of sp³-hybridized carbons (Fsp3) is 0. The van der Waals surface area contributed by atoms with Crippen LogP contribution in [0.5, 0.6) is 0 Å². The Labute approximate surface area is 51.6 Å². The van der Waals surface area contributed by atoms with E-state index in [0.717, 1.165) is 11.3 Å². The first-order valence-corrected chi connectivity index (χ1v) is 2.64. The topological polar surface area (TPSA) is 41.5 Å². The molecule has 0 spiro atoms. The average Bonchev–Trinajstić information content (AvgIpc) is 2.54. The lowest BCUT2D eigenvalue weighted by Gasteiger charge is -1.86. The van der Waals surface area contributed by atoms with E-state index >= 15 is 0 Å². The van der Waals surface area contributed by atoms with Gasteiger partial charge in [0.1, 0.15) is 0 Å². The Kier molecular flexibility index (Phi) is 0.656. The fourth-order valence-corrected chi connectivity index (χ4v) is 0.900. The van der Waals surface area contributed by atoms with E-state index in [1.807, 2.05) is 18.2 Å². The first-order chi connectivity index (χ1) is 4.42. The van der Waals surface area contributed by atoms with Gasteiger partial charge in [0.15, 0.2) is 0 Å². The lowest BCUT2D eigenvalue weighted by molar-refractivity contribution is 1.33. The summed E-state index contributed by atoms with van der Waals surface area (Å²) in [6.45, 7) is 0. The van der Waals surface area contributed by atoms with Crippen molar-refractivity contribution in [2.75, 3.05) is 5.43 Å². The van der Waals surface area contributed by atoms with Gasteiger partial charge >= 0.3 is 0 Å². The molecule has 1 N–H and O–H groups in total. The molecular weight excluding hydrogens is 116 g/mol. The molecule has 0 atom stereocenters. The predicted octanol–water partition coefficient (Wildman–Crippen LogP) is 1.76. The molecule has 9 heavy (non-hydrogen) atoms. The summed E-state index contributed by atoms with van der Waals surface area (Å²) in [5, 5.41) is 2.55. The highest BCUT2D eigenvalue weighted by atomic mass is 16.3. The molecule has 44 valence electrons. The standard InChI is InChI=1S/C6H4N2O/c9-8-7-6-2-1-4-3-5(4)6/h1-3H,(H,7,9). The van der Waals surface area contributed by atoms with E-state index in [2.05, 4.69) is 10.7 Å². The summed E-state index contributed by atoms with van der Waals surface area (Å²) >= 11 is 0. The Morgan fingerprint density at radius 3 is 2.78 bits per heavy atom. The third kappa shape index (κ3) is 0.512. The molecule has 0 heterocycles. The molecule has 0 saturated carbocycles. The number of nitrogens with zero attached hydrogens (tertiary/aromatic N) is 1. The summed E-state index contributed by atoms with van der Waals surface area (Å²) in [7, 11) is 0. The van der Waals surface area contributed by atoms with Crippen molar-refractivity contribution in [3.8, 4) is 11.1 Å². The Morgan fingerprint density at radius 2 is 2.33 bits per heavy atom. The summed E-state index contributed by atoms with van der Waals surface area (Å²) < 4.78 is 0. The van der Waals surface area contributed by atoms with Crippen molar-refractivity contribution in [3.63, 3.8) is 0 Å². The monoisotopic (exact) mass is 120 g/mol. The zero-order valence-electron chi connectivity index (χ0n) is 4.59. The van der Waals surface area contributed by atoms with Crippen molar-refractivity contribution in [3.05, 3.63) is 23.1 Å². The maximum Gasteiger partial charge on any atom is 0.0672 e. The van der Waals surface area contributed by atoms with Crippen LogP contribution in [0.4, 0.5) is 5.69 Å². The summed E-state index contributed by atoms with van der Waals surface area (Å²) in [5.74, 6) is 0. The molecule has 0 aromatic carbocycles. The van der Waals surface area contributed by atoms with E-state index < -0.39 is 0 Å². The molecular formula is C6H4N2O. The van der Waals surface area contributed by atoms with Gasteiger partial charge in [-0.05, 0) is 17.7 Å². The van der Waals surface area contributed by atoms with Crippen LogP contribution in [0.25, 0.3) is 11.1 Å². The van der Waals surface area contributed by atoms with Gasteiger partial charge in [0.25, 0.3) is 0 Å². The van der Waals surface area contributed by atoms with Crippen molar-refractivity contribution in [2.45, 2.75) is 0 Å². The van der Waals surface area contributed by atoms with Crippen molar-refractivity contribution in [2.24, 2.45) is 5.29 Å². The van der Waals surface area contributed by atoms with E-state index in [9.17, 15) is 4.91 Å². The molecule has 0 amide bonds. The largest absolute Gasteiger partial charge is 0.242 e. The SMILES string of the molecule is O=NNc1ccc2cc1-2. The maximum absolute atomic E-state index is 9.67. The highest BCUT2D eigenvalue weighted by molar-refractivity contribution is 5.92. The lowest BCUT2D eigenvalue weighted by Crippen LogP contribution is -1.80. The van der Waals surface area contributed by atoms with Gasteiger partial charge in [-0.1, -0.05) is 6.07 Å². The molecule has 3 nitrogen and oxygen atoms in total. The van der Waals surface area contributed by atoms with Crippen molar-refractivity contribution >= 4 is 5.69 Å². The Hall–Kier alpha value is -1.38. The van der Waals surface area contributed by atoms with E-state index in [1.54, 1.807) is 0 Å². The number of anilines is 1. The van der Waals surface area contributed by atoms with Crippen LogP contribution in [0.3, 0.4) is 0 Å². The molecule has 0 bridgehead atoms.